The number of halogens is 1. The number of methoxy groups -OCH3 is 1. The zero-order valence-electron chi connectivity index (χ0n) is 15.3. The summed E-state index contributed by atoms with van der Waals surface area (Å²) < 4.78 is 19.3. The lowest BCUT2D eigenvalue weighted by Crippen LogP contribution is -2.20. The predicted molar refractivity (Wildman–Crippen MR) is 103 cm³/mol. The Kier molecular flexibility index (Phi) is 5.12. The van der Waals surface area contributed by atoms with Crippen LogP contribution >= 0.6 is 0 Å². The van der Waals surface area contributed by atoms with Crippen molar-refractivity contribution in [1.82, 2.24) is 14.9 Å². The van der Waals surface area contributed by atoms with E-state index in [1.54, 1.807) is 19.5 Å². The Labute approximate surface area is 158 Å². The van der Waals surface area contributed by atoms with Gasteiger partial charge in [0.05, 0.1) is 12.8 Å². The molecule has 0 N–H and O–H groups in total. The first-order valence-electron chi connectivity index (χ1n) is 9.14. The van der Waals surface area contributed by atoms with Crippen LogP contribution in [0, 0.1) is 5.82 Å². The van der Waals surface area contributed by atoms with Gasteiger partial charge in [-0.15, -0.1) is 0 Å². The second-order valence-electron chi connectivity index (χ2n) is 6.89. The molecule has 1 aromatic carbocycles. The fourth-order valence-electron chi connectivity index (χ4n) is 3.65. The van der Waals surface area contributed by atoms with Crippen molar-refractivity contribution in [3.8, 4) is 17.0 Å². The van der Waals surface area contributed by atoms with Gasteiger partial charge in [-0.2, -0.15) is 0 Å². The van der Waals surface area contributed by atoms with Crippen molar-refractivity contribution in [2.45, 2.75) is 18.9 Å². The van der Waals surface area contributed by atoms with E-state index in [-0.39, 0.29) is 5.82 Å². The first kappa shape index (κ1) is 17.6. The van der Waals surface area contributed by atoms with E-state index in [1.807, 2.05) is 30.5 Å². The minimum Gasteiger partial charge on any atom is -0.497 e. The summed E-state index contributed by atoms with van der Waals surface area (Å²) in [5, 5.41) is 0. The normalized spacial score (nSPS) is 17.2. The number of benzene rings is 1. The number of rotatable bonds is 5. The summed E-state index contributed by atoms with van der Waals surface area (Å²) in [6.07, 6.45) is 6.50. The Hall–Kier alpha value is -2.79. The molecule has 5 heteroatoms. The minimum absolute atomic E-state index is 0.207. The standard InChI is InChI=1S/C22H22FN3O/c1-27-20-3-2-19(21(23)13-20)15-26-11-7-18(14-26)17-6-10-25-22(12-17)16-4-8-24-9-5-16/h2-6,8-10,12-13,18H,7,11,14-15H2,1H3/t18-/m0/s1. The van der Waals surface area contributed by atoms with E-state index in [1.165, 1.54) is 11.6 Å². The lowest BCUT2D eigenvalue weighted by molar-refractivity contribution is 0.320. The first-order chi connectivity index (χ1) is 13.2. The van der Waals surface area contributed by atoms with E-state index in [9.17, 15) is 4.39 Å². The highest BCUT2D eigenvalue weighted by molar-refractivity contribution is 5.59. The highest BCUT2D eigenvalue weighted by Gasteiger charge is 2.25. The molecule has 3 heterocycles. The molecule has 1 fully saturated rings. The number of aromatic nitrogens is 2. The Morgan fingerprint density at radius 1 is 1.11 bits per heavy atom. The molecule has 2 aromatic heterocycles. The zero-order chi connectivity index (χ0) is 18.6. The maximum atomic E-state index is 14.2. The quantitative estimate of drug-likeness (QED) is 0.678. The molecule has 0 bridgehead atoms. The average molecular weight is 363 g/mol. The van der Waals surface area contributed by atoms with Crippen molar-refractivity contribution in [1.29, 1.82) is 0 Å². The number of likely N-dealkylation sites (tertiary alicyclic amines) is 1. The Morgan fingerprint density at radius 2 is 1.96 bits per heavy atom. The van der Waals surface area contributed by atoms with Crippen LogP contribution in [0.15, 0.2) is 61.1 Å². The monoisotopic (exact) mass is 363 g/mol. The van der Waals surface area contributed by atoms with Gasteiger partial charge < -0.3 is 4.74 Å². The summed E-state index contributed by atoms with van der Waals surface area (Å²) in [7, 11) is 1.55. The highest BCUT2D eigenvalue weighted by Crippen LogP contribution is 2.30. The molecule has 0 unspecified atom stereocenters. The molecule has 4 nitrogen and oxygen atoms in total. The van der Waals surface area contributed by atoms with Crippen LogP contribution in [0.2, 0.25) is 0 Å². The molecule has 1 aliphatic rings. The van der Waals surface area contributed by atoms with Gasteiger partial charge in [0.25, 0.3) is 0 Å². The third kappa shape index (κ3) is 3.98. The predicted octanol–water partition coefficient (Wildman–Crippen LogP) is 4.28. The molecule has 3 aromatic rings. The second kappa shape index (κ2) is 7.84. The molecule has 0 amide bonds. The molecule has 1 saturated heterocycles. The molecule has 1 atom stereocenters. The smallest absolute Gasteiger partial charge is 0.131 e. The molecule has 138 valence electrons. The van der Waals surface area contributed by atoms with Gasteiger partial charge in [-0.05, 0) is 54.8 Å². The van der Waals surface area contributed by atoms with Crippen molar-refractivity contribution < 1.29 is 9.13 Å². The fourth-order valence-corrected chi connectivity index (χ4v) is 3.65. The molecular weight excluding hydrogens is 341 g/mol. The molecule has 0 aliphatic carbocycles. The summed E-state index contributed by atoms with van der Waals surface area (Å²) in [4.78, 5) is 10.9. The summed E-state index contributed by atoms with van der Waals surface area (Å²) in [5.41, 5.74) is 4.04. The van der Waals surface area contributed by atoms with Gasteiger partial charge in [0.1, 0.15) is 11.6 Å². The van der Waals surface area contributed by atoms with Crippen LogP contribution in [0.1, 0.15) is 23.5 Å². The SMILES string of the molecule is COc1ccc(CN2CC[C@H](c3ccnc(-c4ccncc4)c3)C2)c(F)c1. The van der Waals surface area contributed by atoms with Crippen molar-refractivity contribution >= 4 is 0 Å². The fraction of sp³-hybridized carbons (Fsp3) is 0.273. The van der Waals surface area contributed by atoms with Crippen LogP contribution in [0.25, 0.3) is 11.3 Å². The molecule has 27 heavy (non-hydrogen) atoms. The van der Waals surface area contributed by atoms with E-state index >= 15 is 0 Å². The van der Waals surface area contributed by atoms with Crippen LogP contribution in [-0.2, 0) is 6.54 Å². The molecule has 4 rings (SSSR count). The van der Waals surface area contributed by atoms with Gasteiger partial charge >= 0.3 is 0 Å². The van der Waals surface area contributed by atoms with E-state index in [2.05, 4.69) is 27.0 Å². The largest absolute Gasteiger partial charge is 0.497 e. The van der Waals surface area contributed by atoms with E-state index in [4.69, 9.17) is 4.74 Å². The molecule has 0 saturated carbocycles. The lowest BCUT2D eigenvalue weighted by atomic mass is 9.97. The summed E-state index contributed by atoms with van der Waals surface area (Å²) in [6, 6.07) is 13.3. The highest BCUT2D eigenvalue weighted by atomic mass is 19.1. The Morgan fingerprint density at radius 3 is 2.74 bits per heavy atom. The minimum atomic E-state index is -0.207. The van der Waals surface area contributed by atoms with Crippen molar-refractivity contribution in [3.05, 3.63) is 78.0 Å². The average Bonchev–Trinajstić information content (AvgIpc) is 3.19. The van der Waals surface area contributed by atoms with Gasteiger partial charge in [0, 0.05) is 48.9 Å². The van der Waals surface area contributed by atoms with Gasteiger partial charge in [-0.1, -0.05) is 6.07 Å². The number of nitrogens with zero attached hydrogens (tertiary/aromatic N) is 3. The van der Waals surface area contributed by atoms with E-state index < -0.39 is 0 Å². The van der Waals surface area contributed by atoms with Gasteiger partial charge in [-0.3, -0.25) is 14.9 Å². The third-order valence-electron chi connectivity index (χ3n) is 5.16. The number of hydrogen-bond acceptors (Lipinski definition) is 4. The van der Waals surface area contributed by atoms with Gasteiger partial charge in [-0.25, -0.2) is 4.39 Å². The van der Waals surface area contributed by atoms with E-state index in [0.29, 0.717) is 23.8 Å². The Bertz CT molecular complexity index is 916. The van der Waals surface area contributed by atoms with Crippen LogP contribution in [0.4, 0.5) is 4.39 Å². The third-order valence-corrected chi connectivity index (χ3v) is 5.16. The maximum absolute atomic E-state index is 14.2. The Balaban J connectivity index is 1.45. The first-order valence-corrected chi connectivity index (χ1v) is 9.14. The van der Waals surface area contributed by atoms with Crippen LogP contribution in [0.5, 0.6) is 5.75 Å². The second-order valence-corrected chi connectivity index (χ2v) is 6.89. The van der Waals surface area contributed by atoms with Crippen molar-refractivity contribution in [2.75, 3.05) is 20.2 Å². The van der Waals surface area contributed by atoms with Crippen LogP contribution in [0.3, 0.4) is 0 Å². The van der Waals surface area contributed by atoms with Crippen LogP contribution in [-0.4, -0.2) is 35.1 Å². The zero-order valence-corrected chi connectivity index (χ0v) is 15.3. The summed E-state index contributed by atoms with van der Waals surface area (Å²) >= 11 is 0. The molecule has 0 spiro atoms. The van der Waals surface area contributed by atoms with Gasteiger partial charge in [0.2, 0.25) is 0 Å². The molecule has 0 radical (unpaired) electrons. The summed E-state index contributed by atoms with van der Waals surface area (Å²) in [5.74, 6) is 0.785. The lowest BCUT2D eigenvalue weighted by Gasteiger charge is -2.17. The van der Waals surface area contributed by atoms with Crippen molar-refractivity contribution in [3.63, 3.8) is 0 Å². The van der Waals surface area contributed by atoms with Crippen molar-refractivity contribution in [2.24, 2.45) is 0 Å². The van der Waals surface area contributed by atoms with E-state index in [0.717, 1.165) is 30.8 Å². The van der Waals surface area contributed by atoms with Gasteiger partial charge in [0.15, 0.2) is 0 Å². The molecule has 1 aliphatic heterocycles. The van der Waals surface area contributed by atoms with Crippen LogP contribution < -0.4 is 4.74 Å². The maximum Gasteiger partial charge on any atom is 0.131 e. The summed E-state index contributed by atoms with van der Waals surface area (Å²) in [6.45, 7) is 2.50. The molecular formula is C22H22FN3O. The number of hydrogen-bond donors (Lipinski definition) is 0. The topological polar surface area (TPSA) is 38.2 Å². The number of ether oxygens (including phenoxy) is 1. The number of pyridine rings is 2.